The fourth-order valence-corrected chi connectivity index (χ4v) is 5.36. The Labute approximate surface area is 180 Å². The van der Waals surface area contributed by atoms with Gasteiger partial charge in [0.1, 0.15) is 5.78 Å². The highest BCUT2D eigenvalue weighted by molar-refractivity contribution is 5.86. The van der Waals surface area contributed by atoms with Gasteiger partial charge >= 0.3 is 0 Å². The first-order valence-electron chi connectivity index (χ1n) is 11.5. The summed E-state index contributed by atoms with van der Waals surface area (Å²) in [5.74, 6) is -0.573. The quantitative estimate of drug-likeness (QED) is 0.542. The number of Topliss-reactive ketones (excluding diaryl/α,β-unsaturated/α-hetero) is 1. The van der Waals surface area contributed by atoms with Crippen LogP contribution in [0, 0.1) is 22.7 Å². The molecule has 2 aliphatic carbocycles. The lowest BCUT2D eigenvalue weighted by Gasteiger charge is -2.32. The number of hydrogen-bond donors (Lipinski definition) is 2. The van der Waals surface area contributed by atoms with Crippen molar-refractivity contribution in [3.8, 4) is 0 Å². The fourth-order valence-electron chi connectivity index (χ4n) is 5.36. The molecule has 0 aromatic heterocycles. The molecule has 2 aromatic rings. The number of carbonyl (C=O) groups is 1. The molecule has 0 saturated heterocycles. The highest BCUT2D eigenvalue weighted by atomic mass is 16.3. The molecule has 2 aliphatic rings. The number of benzene rings is 2. The summed E-state index contributed by atoms with van der Waals surface area (Å²) in [5, 5.41) is 20.4. The van der Waals surface area contributed by atoms with Gasteiger partial charge in [-0.3, -0.25) is 4.79 Å². The minimum absolute atomic E-state index is 0.0788. The summed E-state index contributed by atoms with van der Waals surface area (Å²) >= 11 is 0. The lowest BCUT2D eigenvalue weighted by atomic mass is 9.72. The third kappa shape index (κ3) is 4.53. The first-order chi connectivity index (χ1) is 14.6. The maximum absolute atomic E-state index is 13.6. The molecular formula is C27H34O3. The second-order valence-corrected chi connectivity index (χ2v) is 9.57. The molecule has 0 amide bonds. The number of hydrogen-bond acceptors (Lipinski definition) is 3. The van der Waals surface area contributed by atoms with Gasteiger partial charge in [0.2, 0.25) is 0 Å². The number of ketones is 1. The molecule has 3 heteroatoms. The SMILES string of the molecule is O=C(C(CO)C1(CCc2ccccc2)CC1)C(CO)C1(CCc2ccccc2)CC1. The largest absolute Gasteiger partial charge is 0.396 e. The van der Waals surface area contributed by atoms with E-state index < -0.39 is 0 Å². The van der Waals surface area contributed by atoms with Crippen LogP contribution in [0.1, 0.15) is 49.7 Å². The molecular weight excluding hydrogens is 372 g/mol. The van der Waals surface area contributed by atoms with Gasteiger partial charge in [0.05, 0.1) is 13.2 Å². The lowest BCUT2D eigenvalue weighted by Crippen LogP contribution is -2.39. The summed E-state index contributed by atoms with van der Waals surface area (Å²) in [5.41, 5.74) is 2.41. The molecule has 0 radical (unpaired) electrons. The maximum atomic E-state index is 13.6. The summed E-state index contributed by atoms with van der Waals surface area (Å²) < 4.78 is 0. The Kier molecular flexibility index (Phi) is 6.40. The van der Waals surface area contributed by atoms with Crippen LogP contribution >= 0.6 is 0 Å². The maximum Gasteiger partial charge on any atom is 0.144 e. The van der Waals surface area contributed by atoms with Crippen LogP contribution in [0.2, 0.25) is 0 Å². The zero-order valence-electron chi connectivity index (χ0n) is 17.8. The standard InChI is InChI=1S/C27H34O3/c28-19-23(26(15-16-26)13-11-21-7-3-1-4-8-21)25(30)24(20-29)27(17-18-27)14-12-22-9-5-2-6-10-22/h1-10,23-24,28-29H,11-20H2. The van der Waals surface area contributed by atoms with Crippen molar-refractivity contribution < 1.29 is 15.0 Å². The fraction of sp³-hybridized carbons (Fsp3) is 0.519. The van der Waals surface area contributed by atoms with Gasteiger partial charge in [0.25, 0.3) is 0 Å². The Hall–Kier alpha value is -1.97. The summed E-state index contributed by atoms with van der Waals surface area (Å²) in [6, 6.07) is 20.8. The van der Waals surface area contributed by atoms with Crippen LogP contribution in [0.5, 0.6) is 0 Å². The number of carbonyl (C=O) groups excluding carboxylic acids is 1. The van der Waals surface area contributed by atoms with Gasteiger partial charge in [0, 0.05) is 11.8 Å². The van der Waals surface area contributed by atoms with Gasteiger partial charge in [-0.25, -0.2) is 0 Å². The van der Waals surface area contributed by atoms with Crippen LogP contribution in [0.15, 0.2) is 60.7 Å². The molecule has 0 heterocycles. The van der Waals surface area contributed by atoms with E-state index in [1.807, 2.05) is 12.1 Å². The van der Waals surface area contributed by atoms with Crippen molar-refractivity contribution in [3.05, 3.63) is 71.8 Å². The van der Waals surface area contributed by atoms with Crippen molar-refractivity contribution in [2.45, 2.75) is 51.4 Å². The first-order valence-corrected chi connectivity index (χ1v) is 11.5. The highest BCUT2D eigenvalue weighted by Gasteiger charge is 2.57. The van der Waals surface area contributed by atoms with Gasteiger partial charge in [0.15, 0.2) is 0 Å². The van der Waals surface area contributed by atoms with Crippen LogP contribution in [0.25, 0.3) is 0 Å². The predicted molar refractivity (Wildman–Crippen MR) is 119 cm³/mol. The van der Waals surface area contributed by atoms with E-state index in [9.17, 15) is 15.0 Å². The molecule has 3 nitrogen and oxygen atoms in total. The van der Waals surface area contributed by atoms with Gasteiger partial charge in [-0.1, -0.05) is 60.7 Å². The molecule has 160 valence electrons. The van der Waals surface area contributed by atoms with E-state index in [0.717, 1.165) is 51.4 Å². The van der Waals surface area contributed by atoms with Crippen LogP contribution in [-0.4, -0.2) is 29.2 Å². The number of aliphatic hydroxyl groups excluding tert-OH is 2. The van der Waals surface area contributed by atoms with E-state index in [-0.39, 0.29) is 41.7 Å². The van der Waals surface area contributed by atoms with Crippen LogP contribution in [0.3, 0.4) is 0 Å². The molecule has 0 aliphatic heterocycles. The average molecular weight is 407 g/mol. The van der Waals surface area contributed by atoms with E-state index in [0.29, 0.717) is 0 Å². The molecule has 2 unspecified atom stereocenters. The Balaban J connectivity index is 1.42. The van der Waals surface area contributed by atoms with E-state index in [2.05, 4.69) is 48.5 Å². The second kappa shape index (κ2) is 9.03. The second-order valence-electron chi connectivity index (χ2n) is 9.57. The first kappa shape index (κ1) is 21.3. The van der Waals surface area contributed by atoms with E-state index in [1.54, 1.807) is 0 Å². The van der Waals surface area contributed by atoms with Crippen molar-refractivity contribution in [2.75, 3.05) is 13.2 Å². The molecule has 30 heavy (non-hydrogen) atoms. The van der Waals surface area contributed by atoms with Crippen molar-refractivity contribution >= 4 is 5.78 Å². The molecule has 0 spiro atoms. The molecule has 2 N–H and O–H groups in total. The molecule has 2 aromatic carbocycles. The molecule has 0 bridgehead atoms. The summed E-state index contributed by atoms with van der Waals surface area (Å²) in [7, 11) is 0. The van der Waals surface area contributed by atoms with Gasteiger partial charge in [-0.2, -0.15) is 0 Å². The van der Waals surface area contributed by atoms with E-state index in [4.69, 9.17) is 0 Å². The molecule has 2 saturated carbocycles. The zero-order chi connectivity index (χ0) is 21.0. The highest BCUT2D eigenvalue weighted by Crippen LogP contribution is 2.60. The Morgan fingerprint density at radius 3 is 1.37 bits per heavy atom. The summed E-state index contributed by atoms with van der Waals surface area (Å²) in [6.07, 6.45) is 7.77. The van der Waals surface area contributed by atoms with Crippen molar-refractivity contribution in [1.82, 2.24) is 0 Å². The van der Waals surface area contributed by atoms with Gasteiger partial charge < -0.3 is 10.2 Å². The molecule has 2 atom stereocenters. The normalized spacial score (nSPS) is 20.3. The van der Waals surface area contributed by atoms with Crippen LogP contribution in [-0.2, 0) is 17.6 Å². The minimum Gasteiger partial charge on any atom is -0.396 e. The van der Waals surface area contributed by atoms with E-state index >= 15 is 0 Å². The van der Waals surface area contributed by atoms with Gasteiger partial charge in [-0.15, -0.1) is 0 Å². The predicted octanol–water partition coefficient (Wildman–Crippen LogP) is 4.60. The number of aryl methyl sites for hydroxylation is 2. The minimum atomic E-state index is -0.340. The smallest absolute Gasteiger partial charge is 0.144 e. The average Bonchev–Trinajstić information content (AvgIpc) is 3.71. The van der Waals surface area contributed by atoms with Gasteiger partial charge in [-0.05, 0) is 73.3 Å². The third-order valence-electron chi connectivity index (χ3n) is 7.82. The monoisotopic (exact) mass is 406 g/mol. The van der Waals surface area contributed by atoms with Crippen molar-refractivity contribution in [1.29, 1.82) is 0 Å². The Bertz CT molecular complexity index is 752. The summed E-state index contributed by atoms with van der Waals surface area (Å²) in [6.45, 7) is -0.197. The van der Waals surface area contributed by atoms with Crippen LogP contribution in [0.4, 0.5) is 0 Å². The molecule has 2 fully saturated rings. The summed E-state index contributed by atoms with van der Waals surface area (Å²) in [4.78, 5) is 13.6. The third-order valence-corrected chi connectivity index (χ3v) is 7.82. The lowest BCUT2D eigenvalue weighted by molar-refractivity contribution is -0.135. The number of rotatable bonds is 12. The molecule has 4 rings (SSSR count). The van der Waals surface area contributed by atoms with Crippen LogP contribution < -0.4 is 0 Å². The van der Waals surface area contributed by atoms with Crippen molar-refractivity contribution in [3.63, 3.8) is 0 Å². The Morgan fingerprint density at radius 1 is 0.700 bits per heavy atom. The topological polar surface area (TPSA) is 57.5 Å². The number of aliphatic hydroxyl groups is 2. The van der Waals surface area contributed by atoms with E-state index in [1.165, 1.54) is 11.1 Å². The van der Waals surface area contributed by atoms with Crippen molar-refractivity contribution in [2.24, 2.45) is 22.7 Å². The Morgan fingerprint density at radius 2 is 1.07 bits per heavy atom. The zero-order valence-corrected chi connectivity index (χ0v) is 17.8.